The van der Waals surface area contributed by atoms with Gasteiger partial charge in [0.25, 0.3) is 0 Å². The van der Waals surface area contributed by atoms with E-state index in [1.54, 1.807) is 7.11 Å². The zero-order chi connectivity index (χ0) is 21.0. The Hall–Kier alpha value is -2.75. The van der Waals surface area contributed by atoms with E-state index in [2.05, 4.69) is 25.1 Å². The number of carboxylic acid groups (broad SMARTS) is 1. The Bertz CT molecular complexity index is 940. The number of ether oxygens (including phenoxy) is 2. The number of carboxylic acids is 1. The van der Waals surface area contributed by atoms with Crippen LogP contribution in [0.3, 0.4) is 0 Å². The second-order valence-corrected chi connectivity index (χ2v) is 7.78. The maximum atomic E-state index is 10.9. The van der Waals surface area contributed by atoms with Gasteiger partial charge in [0.15, 0.2) is 0 Å². The molecule has 0 radical (unpaired) electrons. The molecule has 0 unspecified atom stereocenters. The summed E-state index contributed by atoms with van der Waals surface area (Å²) in [6.07, 6.45) is 3.97. The van der Waals surface area contributed by atoms with Gasteiger partial charge in [0.2, 0.25) is 0 Å². The topological polar surface area (TPSA) is 55.8 Å². The van der Waals surface area contributed by atoms with Crippen molar-refractivity contribution in [1.82, 2.24) is 0 Å². The number of aryl methyl sites for hydroxylation is 2. The summed E-state index contributed by atoms with van der Waals surface area (Å²) >= 11 is 0. The average Bonchev–Trinajstić information content (AvgIpc) is 3.17. The van der Waals surface area contributed by atoms with Crippen molar-refractivity contribution in [3.05, 3.63) is 63.7 Å². The Balaban J connectivity index is 1.77. The van der Waals surface area contributed by atoms with Crippen LogP contribution in [0.4, 0.5) is 0 Å². The van der Waals surface area contributed by atoms with Gasteiger partial charge in [-0.1, -0.05) is 18.2 Å². The molecule has 0 heterocycles. The number of carbonyl (C=O) groups is 1. The fourth-order valence-electron chi connectivity index (χ4n) is 4.01. The highest BCUT2D eigenvalue weighted by atomic mass is 16.5. The van der Waals surface area contributed by atoms with Crippen molar-refractivity contribution in [2.24, 2.45) is 0 Å². The van der Waals surface area contributed by atoms with Crippen LogP contribution >= 0.6 is 0 Å². The molecule has 0 saturated carbocycles. The van der Waals surface area contributed by atoms with Gasteiger partial charge in [-0.15, -0.1) is 0 Å². The maximum absolute atomic E-state index is 10.9. The fourth-order valence-corrected chi connectivity index (χ4v) is 4.01. The van der Waals surface area contributed by atoms with Crippen molar-refractivity contribution in [2.75, 3.05) is 13.7 Å². The summed E-state index contributed by atoms with van der Waals surface area (Å²) in [5.41, 5.74) is 8.36. The van der Waals surface area contributed by atoms with Crippen LogP contribution < -0.4 is 9.47 Å². The van der Waals surface area contributed by atoms with Crippen LogP contribution in [0.25, 0.3) is 5.57 Å². The lowest BCUT2D eigenvalue weighted by Gasteiger charge is -2.16. The maximum Gasteiger partial charge on any atom is 0.303 e. The molecule has 3 rings (SSSR count). The predicted octanol–water partition coefficient (Wildman–Crippen LogP) is 5.65. The third kappa shape index (κ3) is 4.81. The highest BCUT2D eigenvalue weighted by Crippen LogP contribution is 2.36. The molecule has 4 heteroatoms. The van der Waals surface area contributed by atoms with Gasteiger partial charge >= 0.3 is 5.97 Å². The number of hydrogen-bond acceptors (Lipinski definition) is 3. The number of rotatable bonds is 8. The van der Waals surface area contributed by atoms with E-state index in [0.717, 1.165) is 53.0 Å². The van der Waals surface area contributed by atoms with E-state index in [1.165, 1.54) is 16.7 Å². The summed E-state index contributed by atoms with van der Waals surface area (Å²) in [6.45, 7) is 6.73. The third-order valence-electron chi connectivity index (χ3n) is 5.95. The first kappa shape index (κ1) is 21.0. The standard InChI is InChI=1S/C25H30O4/c1-16-8-9-20(14-24(16)28-4)22-7-5-6-21(22)15-29-23-12-10-19(11-13-25(26)27)17(2)18(23)3/h8-10,12,14H,5-7,11,13,15H2,1-4H3,(H,26,27). The van der Waals surface area contributed by atoms with E-state index < -0.39 is 5.97 Å². The fraction of sp³-hybridized carbons (Fsp3) is 0.400. The molecule has 1 aliphatic carbocycles. The lowest BCUT2D eigenvalue weighted by atomic mass is 9.98. The molecule has 0 fully saturated rings. The van der Waals surface area contributed by atoms with Crippen LogP contribution in [0.2, 0.25) is 0 Å². The van der Waals surface area contributed by atoms with Crippen molar-refractivity contribution < 1.29 is 19.4 Å². The summed E-state index contributed by atoms with van der Waals surface area (Å²) in [5.74, 6) is 1.03. The number of benzene rings is 2. The smallest absolute Gasteiger partial charge is 0.303 e. The van der Waals surface area contributed by atoms with Gasteiger partial charge in [-0.25, -0.2) is 0 Å². The Kier molecular flexibility index (Phi) is 6.63. The van der Waals surface area contributed by atoms with Crippen LogP contribution in [0.5, 0.6) is 11.5 Å². The summed E-state index contributed by atoms with van der Waals surface area (Å²) in [7, 11) is 1.71. The van der Waals surface area contributed by atoms with Gasteiger partial charge in [-0.3, -0.25) is 4.79 Å². The first-order valence-electron chi connectivity index (χ1n) is 10.2. The summed E-state index contributed by atoms with van der Waals surface area (Å²) in [4.78, 5) is 10.9. The van der Waals surface area contributed by atoms with Crippen LogP contribution in [0.15, 0.2) is 35.9 Å². The molecule has 0 aliphatic heterocycles. The van der Waals surface area contributed by atoms with Crippen molar-refractivity contribution in [1.29, 1.82) is 0 Å². The Labute approximate surface area is 173 Å². The van der Waals surface area contributed by atoms with Crippen LogP contribution in [-0.4, -0.2) is 24.8 Å². The quantitative estimate of drug-likeness (QED) is 0.628. The average molecular weight is 395 g/mol. The van der Waals surface area contributed by atoms with Gasteiger partial charge < -0.3 is 14.6 Å². The van der Waals surface area contributed by atoms with Gasteiger partial charge in [0.1, 0.15) is 18.1 Å². The monoisotopic (exact) mass is 394 g/mol. The molecule has 29 heavy (non-hydrogen) atoms. The SMILES string of the molecule is COc1cc(C2=C(COc3ccc(CCC(=O)O)c(C)c3C)CCC2)ccc1C. The molecule has 4 nitrogen and oxygen atoms in total. The van der Waals surface area contributed by atoms with Crippen molar-refractivity contribution in [3.8, 4) is 11.5 Å². The molecule has 2 aromatic carbocycles. The van der Waals surface area contributed by atoms with Crippen LogP contribution in [-0.2, 0) is 11.2 Å². The largest absolute Gasteiger partial charge is 0.496 e. The van der Waals surface area contributed by atoms with E-state index in [1.807, 2.05) is 26.0 Å². The van der Waals surface area contributed by atoms with E-state index in [9.17, 15) is 4.79 Å². The second-order valence-electron chi connectivity index (χ2n) is 7.78. The van der Waals surface area contributed by atoms with Gasteiger partial charge in [-0.2, -0.15) is 0 Å². The summed E-state index contributed by atoms with van der Waals surface area (Å²) < 4.78 is 11.7. The molecule has 0 aromatic heterocycles. The molecule has 0 bridgehead atoms. The summed E-state index contributed by atoms with van der Waals surface area (Å²) in [6, 6.07) is 10.4. The molecular formula is C25H30O4. The van der Waals surface area contributed by atoms with Crippen molar-refractivity contribution >= 4 is 11.5 Å². The third-order valence-corrected chi connectivity index (χ3v) is 5.95. The molecular weight excluding hydrogens is 364 g/mol. The Morgan fingerprint density at radius 3 is 2.55 bits per heavy atom. The number of hydrogen-bond donors (Lipinski definition) is 1. The van der Waals surface area contributed by atoms with E-state index in [-0.39, 0.29) is 6.42 Å². The zero-order valence-corrected chi connectivity index (χ0v) is 17.8. The minimum atomic E-state index is -0.768. The first-order valence-corrected chi connectivity index (χ1v) is 10.2. The van der Waals surface area contributed by atoms with Crippen LogP contribution in [0.1, 0.15) is 53.5 Å². The highest BCUT2D eigenvalue weighted by molar-refractivity contribution is 5.72. The van der Waals surface area contributed by atoms with Crippen LogP contribution in [0, 0.1) is 20.8 Å². The molecule has 2 aromatic rings. The molecule has 0 atom stereocenters. The summed E-state index contributed by atoms with van der Waals surface area (Å²) in [5, 5.41) is 8.92. The molecule has 154 valence electrons. The van der Waals surface area contributed by atoms with E-state index >= 15 is 0 Å². The minimum Gasteiger partial charge on any atom is -0.496 e. The second kappa shape index (κ2) is 9.17. The number of allylic oxidation sites excluding steroid dienone is 1. The Morgan fingerprint density at radius 1 is 1.03 bits per heavy atom. The molecule has 0 spiro atoms. The van der Waals surface area contributed by atoms with Gasteiger partial charge in [0, 0.05) is 6.42 Å². The predicted molar refractivity (Wildman–Crippen MR) is 116 cm³/mol. The van der Waals surface area contributed by atoms with Gasteiger partial charge in [-0.05, 0) is 97.6 Å². The Morgan fingerprint density at radius 2 is 1.83 bits per heavy atom. The lowest BCUT2D eigenvalue weighted by Crippen LogP contribution is -2.05. The van der Waals surface area contributed by atoms with E-state index in [0.29, 0.717) is 13.0 Å². The lowest BCUT2D eigenvalue weighted by molar-refractivity contribution is -0.136. The van der Waals surface area contributed by atoms with Crippen molar-refractivity contribution in [3.63, 3.8) is 0 Å². The van der Waals surface area contributed by atoms with Gasteiger partial charge in [0.05, 0.1) is 7.11 Å². The highest BCUT2D eigenvalue weighted by Gasteiger charge is 2.18. The number of aliphatic carboxylic acids is 1. The number of methoxy groups -OCH3 is 1. The van der Waals surface area contributed by atoms with Crippen molar-refractivity contribution in [2.45, 2.75) is 52.9 Å². The molecule has 0 amide bonds. The molecule has 1 aliphatic rings. The van der Waals surface area contributed by atoms with E-state index in [4.69, 9.17) is 14.6 Å². The zero-order valence-electron chi connectivity index (χ0n) is 17.8. The minimum absolute atomic E-state index is 0.150. The molecule has 0 saturated heterocycles. The normalized spacial score (nSPS) is 13.7. The molecule has 1 N–H and O–H groups in total. The first-order chi connectivity index (χ1) is 13.9.